The number of thiazole rings is 1. The van der Waals surface area contributed by atoms with Crippen LogP contribution in [-0.4, -0.2) is 55.1 Å². The van der Waals surface area contributed by atoms with Gasteiger partial charge in [0.05, 0.1) is 10.7 Å². The SMILES string of the molecule is CCNC(=NCCCCN1CCC(C)CC1)NCCc1csc(C)n1.I. The lowest BCUT2D eigenvalue weighted by Gasteiger charge is -2.30. The smallest absolute Gasteiger partial charge is 0.191 e. The molecule has 0 unspecified atom stereocenters. The molecule has 0 saturated carbocycles. The number of unbranched alkanes of at least 4 members (excludes halogenated alkanes) is 1. The first-order chi connectivity index (χ1) is 12.2. The Morgan fingerprint density at radius 1 is 1.31 bits per heavy atom. The first kappa shape index (κ1) is 23.6. The zero-order valence-electron chi connectivity index (χ0n) is 16.6. The van der Waals surface area contributed by atoms with Crippen molar-refractivity contribution in [3.05, 3.63) is 16.1 Å². The maximum Gasteiger partial charge on any atom is 0.191 e. The Morgan fingerprint density at radius 2 is 2.08 bits per heavy atom. The van der Waals surface area contributed by atoms with E-state index in [2.05, 4.69) is 46.7 Å². The summed E-state index contributed by atoms with van der Waals surface area (Å²) in [4.78, 5) is 11.8. The van der Waals surface area contributed by atoms with Crippen molar-refractivity contribution in [1.82, 2.24) is 20.5 Å². The molecule has 2 N–H and O–H groups in total. The van der Waals surface area contributed by atoms with Crippen LogP contribution >= 0.6 is 35.3 Å². The molecule has 150 valence electrons. The van der Waals surface area contributed by atoms with Gasteiger partial charge < -0.3 is 15.5 Å². The van der Waals surface area contributed by atoms with Gasteiger partial charge in [-0.3, -0.25) is 4.99 Å². The first-order valence-corrected chi connectivity index (χ1v) is 10.7. The molecule has 2 rings (SSSR count). The average Bonchev–Trinajstić information content (AvgIpc) is 3.01. The number of nitrogens with one attached hydrogen (secondary N) is 2. The van der Waals surface area contributed by atoms with Gasteiger partial charge in [0.1, 0.15) is 0 Å². The van der Waals surface area contributed by atoms with E-state index in [0.717, 1.165) is 49.4 Å². The van der Waals surface area contributed by atoms with Gasteiger partial charge in [0.25, 0.3) is 0 Å². The number of aromatic nitrogens is 1. The summed E-state index contributed by atoms with van der Waals surface area (Å²) in [7, 11) is 0. The van der Waals surface area contributed by atoms with Crippen LogP contribution in [0.3, 0.4) is 0 Å². The second-order valence-electron chi connectivity index (χ2n) is 7.03. The minimum Gasteiger partial charge on any atom is -0.357 e. The summed E-state index contributed by atoms with van der Waals surface area (Å²) in [5, 5.41) is 10.0. The molecule has 0 aromatic carbocycles. The number of rotatable bonds is 9. The highest BCUT2D eigenvalue weighted by atomic mass is 127. The lowest BCUT2D eigenvalue weighted by atomic mass is 9.99. The molecule has 1 aliphatic heterocycles. The minimum absolute atomic E-state index is 0. The fourth-order valence-electron chi connectivity index (χ4n) is 3.10. The molecule has 26 heavy (non-hydrogen) atoms. The highest BCUT2D eigenvalue weighted by Crippen LogP contribution is 2.16. The lowest BCUT2D eigenvalue weighted by molar-refractivity contribution is 0.190. The Balaban J connectivity index is 0.00000338. The largest absolute Gasteiger partial charge is 0.357 e. The van der Waals surface area contributed by atoms with Crippen molar-refractivity contribution in [1.29, 1.82) is 0 Å². The second-order valence-corrected chi connectivity index (χ2v) is 8.09. The quantitative estimate of drug-likeness (QED) is 0.239. The van der Waals surface area contributed by atoms with Gasteiger partial charge in [-0.05, 0) is 65.1 Å². The number of guanidine groups is 1. The van der Waals surface area contributed by atoms with Gasteiger partial charge in [0.15, 0.2) is 5.96 Å². The number of hydrogen-bond donors (Lipinski definition) is 2. The summed E-state index contributed by atoms with van der Waals surface area (Å²) in [5.74, 6) is 1.85. The maximum atomic E-state index is 4.70. The van der Waals surface area contributed by atoms with E-state index in [1.54, 1.807) is 11.3 Å². The molecule has 0 spiro atoms. The molecule has 2 heterocycles. The number of hydrogen-bond acceptors (Lipinski definition) is 4. The van der Waals surface area contributed by atoms with Gasteiger partial charge in [-0.1, -0.05) is 6.92 Å². The van der Waals surface area contributed by atoms with Crippen LogP contribution in [0.4, 0.5) is 0 Å². The number of piperidine rings is 1. The van der Waals surface area contributed by atoms with Gasteiger partial charge in [-0.25, -0.2) is 4.98 Å². The minimum atomic E-state index is 0. The molecule has 7 heteroatoms. The average molecular weight is 494 g/mol. The van der Waals surface area contributed by atoms with Gasteiger partial charge in [0.2, 0.25) is 0 Å². The summed E-state index contributed by atoms with van der Waals surface area (Å²) in [6, 6.07) is 0. The van der Waals surface area contributed by atoms with Crippen LogP contribution in [0.5, 0.6) is 0 Å². The summed E-state index contributed by atoms with van der Waals surface area (Å²) in [5.41, 5.74) is 1.17. The van der Waals surface area contributed by atoms with Crippen molar-refractivity contribution in [3.63, 3.8) is 0 Å². The third kappa shape index (κ3) is 9.50. The van der Waals surface area contributed by atoms with Crippen molar-refractivity contribution < 1.29 is 0 Å². The van der Waals surface area contributed by atoms with Crippen molar-refractivity contribution in [2.75, 3.05) is 39.3 Å². The van der Waals surface area contributed by atoms with Gasteiger partial charge >= 0.3 is 0 Å². The van der Waals surface area contributed by atoms with Crippen LogP contribution in [0, 0.1) is 12.8 Å². The maximum absolute atomic E-state index is 4.70. The van der Waals surface area contributed by atoms with Gasteiger partial charge in [0, 0.05) is 31.4 Å². The Labute approximate surface area is 180 Å². The third-order valence-corrected chi connectivity index (χ3v) is 5.54. The van der Waals surface area contributed by atoms with Crippen LogP contribution < -0.4 is 10.6 Å². The predicted octanol–water partition coefficient (Wildman–Crippen LogP) is 3.68. The monoisotopic (exact) mass is 493 g/mol. The van der Waals surface area contributed by atoms with E-state index in [-0.39, 0.29) is 24.0 Å². The van der Waals surface area contributed by atoms with Gasteiger partial charge in [-0.15, -0.1) is 35.3 Å². The molecular weight excluding hydrogens is 457 g/mol. The van der Waals surface area contributed by atoms with Crippen LogP contribution in [0.15, 0.2) is 10.4 Å². The number of halogens is 1. The van der Waals surface area contributed by atoms with E-state index in [9.17, 15) is 0 Å². The number of nitrogens with zero attached hydrogens (tertiary/aromatic N) is 3. The van der Waals surface area contributed by atoms with Crippen molar-refractivity contribution in [3.8, 4) is 0 Å². The van der Waals surface area contributed by atoms with Crippen LogP contribution in [0.25, 0.3) is 0 Å². The van der Waals surface area contributed by atoms with Crippen molar-refractivity contribution >= 4 is 41.3 Å². The molecule has 0 radical (unpaired) electrons. The standard InChI is InChI=1S/C19H35N5S.HI/c1-4-20-19(22-11-7-18-15-25-17(3)23-18)21-10-5-6-12-24-13-8-16(2)9-14-24;/h15-16H,4-14H2,1-3H3,(H2,20,21,22);1H. The van der Waals surface area contributed by atoms with Crippen LogP contribution in [0.1, 0.15) is 50.2 Å². The summed E-state index contributed by atoms with van der Waals surface area (Å²) < 4.78 is 0. The number of aryl methyl sites for hydroxylation is 1. The molecule has 0 aliphatic carbocycles. The van der Waals surface area contributed by atoms with E-state index in [0.29, 0.717) is 0 Å². The van der Waals surface area contributed by atoms with E-state index in [4.69, 9.17) is 4.99 Å². The fraction of sp³-hybridized carbons (Fsp3) is 0.789. The summed E-state index contributed by atoms with van der Waals surface area (Å²) >= 11 is 1.72. The fourth-order valence-corrected chi connectivity index (χ4v) is 3.74. The van der Waals surface area contributed by atoms with Crippen LogP contribution in [-0.2, 0) is 6.42 Å². The Kier molecular flexibility index (Phi) is 12.5. The summed E-state index contributed by atoms with van der Waals surface area (Å²) in [6.45, 7) is 13.0. The van der Waals surface area contributed by atoms with E-state index in [1.807, 2.05) is 0 Å². The molecule has 0 bridgehead atoms. The molecular formula is C19H36IN5S. The first-order valence-electron chi connectivity index (χ1n) is 9.83. The Hall–Kier alpha value is -0.410. The number of aliphatic imine (C=N–C) groups is 1. The van der Waals surface area contributed by atoms with E-state index in [1.165, 1.54) is 44.6 Å². The molecule has 1 aliphatic rings. The zero-order chi connectivity index (χ0) is 17.9. The lowest BCUT2D eigenvalue weighted by Crippen LogP contribution is -2.38. The van der Waals surface area contributed by atoms with Crippen molar-refractivity contribution in [2.24, 2.45) is 10.9 Å². The molecule has 1 aromatic heterocycles. The Morgan fingerprint density at radius 3 is 2.73 bits per heavy atom. The molecule has 5 nitrogen and oxygen atoms in total. The normalized spacial score (nSPS) is 16.3. The predicted molar refractivity (Wildman–Crippen MR) is 124 cm³/mol. The molecule has 1 saturated heterocycles. The third-order valence-electron chi connectivity index (χ3n) is 4.71. The number of likely N-dealkylation sites (tertiary alicyclic amines) is 1. The molecule has 0 atom stereocenters. The highest BCUT2D eigenvalue weighted by Gasteiger charge is 2.14. The van der Waals surface area contributed by atoms with Crippen LogP contribution in [0.2, 0.25) is 0 Å². The van der Waals surface area contributed by atoms with Gasteiger partial charge in [-0.2, -0.15) is 0 Å². The Bertz CT molecular complexity index is 512. The van der Waals surface area contributed by atoms with E-state index < -0.39 is 0 Å². The molecule has 0 amide bonds. The van der Waals surface area contributed by atoms with E-state index >= 15 is 0 Å². The van der Waals surface area contributed by atoms with Crippen molar-refractivity contribution in [2.45, 2.75) is 52.9 Å². The highest BCUT2D eigenvalue weighted by molar-refractivity contribution is 14.0. The molecule has 1 aromatic rings. The molecule has 1 fully saturated rings. The summed E-state index contributed by atoms with van der Waals surface area (Å²) in [6.07, 6.45) is 6.09. The zero-order valence-corrected chi connectivity index (χ0v) is 19.7. The topological polar surface area (TPSA) is 52.6 Å². The second kappa shape index (κ2) is 13.7.